The topological polar surface area (TPSA) is 71.1 Å². The largest absolute Gasteiger partial charge is 0.416 e. The number of hydrogen-bond acceptors (Lipinski definition) is 4. The molecule has 188 valence electrons. The molecule has 4 aromatic rings. The third-order valence-electron chi connectivity index (χ3n) is 5.77. The molecule has 0 radical (unpaired) electrons. The summed E-state index contributed by atoms with van der Waals surface area (Å²) in [5.41, 5.74) is 2.93. The van der Waals surface area contributed by atoms with Crippen molar-refractivity contribution >= 4 is 23.1 Å². The zero-order valence-electron chi connectivity index (χ0n) is 20.0. The fourth-order valence-corrected chi connectivity index (χ4v) is 3.91. The predicted molar refractivity (Wildman–Crippen MR) is 138 cm³/mol. The van der Waals surface area contributed by atoms with E-state index in [-0.39, 0.29) is 5.78 Å². The summed E-state index contributed by atoms with van der Waals surface area (Å²) >= 11 is 0. The summed E-state index contributed by atoms with van der Waals surface area (Å²) in [5.74, 6) is -0.609. The maximum absolute atomic E-state index is 13.1. The van der Waals surface area contributed by atoms with Crippen molar-refractivity contribution in [3.8, 4) is 11.1 Å². The van der Waals surface area contributed by atoms with Gasteiger partial charge in [0.05, 0.1) is 5.56 Å². The monoisotopic (exact) mass is 503 g/mol. The molecule has 0 aliphatic rings. The number of alkyl halides is 3. The first-order valence-corrected chi connectivity index (χ1v) is 11.6. The molecule has 1 aromatic heterocycles. The van der Waals surface area contributed by atoms with Crippen LogP contribution in [0.25, 0.3) is 11.1 Å². The zero-order valence-corrected chi connectivity index (χ0v) is 20.0. The molecule has 8 heteroatoms. The van der Waals surface area contributed by atoms with Crippen LogP contribution < -0.4 is 10.6 Å². The number of nitrogens with zero attached hydrogens (tertiary/aromatic N) is 1. The van der Waals surface area contributed by atoms with E-state index in [1.807, 2.05) is 18.2 Å². The van der Waals surface area contributed by atoms with Crippen LogP contribution in [0.2, 0.25) is 0 Å². The fraction of sp³-hybridized carbons (Fsp3) is 0.138. The number of aromatic nitrogens is 1. The number of Topliss-reactive ketones (excluding diaryl/α,β-unsaturated/α-hetero) is 1. The lowest BCUT2D eigenvalue weighted by molar-refractivity contribution is -0.137. The molecule has 1 amide bonds. The highest BCUT2D eigenvalue weighted by molar-refractivity contribution is 6.09. The van der Waals surface area contributed by atoms with Gasteiger partial charge in [-0.25, -0.2) is 0 Å². The Hall–Kier alpha value is -4.46. The predicted octanol–water partition coefficient (Wildman–Crippen LogP) is 6.88. The van der Waals surface area contributed by atoms with Gasteiger partial charge in [0.1, 0.15) is 0 Å². The van der Waals surface area contributed by atoms with Crippen molar-refractivity contribution in [3.05, 3.63) is 114 Å². The van der Waals surface area contributed by atoms with E-state index in [0.29, 0.717) is 46.6 Å². The Morgan fingerprint density at radius 3 is 2.27 bits per heavy atom. The molecular formula is C29H24F3N3O2. The third-order valence-corrected chi connectivity index (χ3v) is 5.77. The van der Waals surface area contributed by atoms with E-state index in [9.17, 15) is 22.8 Å². The molecule has 0 bridgehead atoms. The second kappa shape index (κ2) is 11.1. The normalized spacial score (nSPS) is 11.1. The number of rotatable bonds is 8. The summed E-state index contributed by atoms with van der Waals surface area (Å²) < 4.78 is 38.8. The summed E-state index contributed by atoms with van der Waals surface area (Å²) in [4.78, 5) is 29.7. The van der Waals surface area contributed by atoms with Crippen LogP contribution in [-0.2, 0) is 12.6 Å². The minimum absolute atomic E-state index is 0.165. The Morgan fingerprint density at radius 1 is 0.865 bits per heavy atom. The van der Waals surface area contributed by atoms with Gasteiger partial charge >= 0.3 is 6.18 Å². The number of benzene rings is 3. The van der Waals surface area contributed by atoms with Gasteiger partial charge in [-0.1, -0.05) is 36.4 Å². The van der Waals surface area contributed by atoms with Crippen LogP contribution >= 0.6 is 0 Å². The Balaban J connectivity index is 1.51. The van der Waals surface area contributed by atoms with Crippen LogP contribution in [-0.4, -0.2) is 23.2 Å². The highest BCUT2D eigenvalue weighted by atomic mass is 19.4. The van der Waals surface area contributed by atoms with Gasteiger partial charge in [0.25, 0.3) is 5.91 Å². The standard InChI is InChI=1S/C29H24F3N3O2/c1-19(36)26-18-23(13-14-27(26)34-17-15-22-6-4-5-16-33-22)35-28(37)25-8-3-2-7-24(25)20-9-11-21(12-10-20)29(30,31)32/h2-14,16,18,34H,15,17H2,1H3,(H,35,37). The number of anilines is 2. The minimum atomic E-state index is -4.44. The van der Waals surface area contributed by atoms with Crippen LogP contribution in [0.4, 0.5) is 24.5 Å². The molecule has 0 aliphatic heterocycles. The van der Waals surface area contributed by atoms with Gasteiger partial charge in [0, 0.05) is 47.4 Å². The quantitative estimate of drug-likeness (QED) is 0.257. The maximum Gasteiger partial charge on any atom is 0.416 e. The maximum atomic E-state index is 13.1. The summed E-state index contributed by atoms with van der Waals surface area (Å²) in [6, 6.07) is 22.0. The molecule has 0 saturated carbocycles. The van der Waals surface area contributed by atoms with Crippen molar-refractivity contribution in [2.45, 2.75) is 19.5 Å². The van der Waals surface area contributed by atoms with Crippen molar-refractivity contribution in [1.29, 1.82) is 0 Å². The molecule has 0 fully saturated rings. The van der Waals surface area contributed by atoms with E-state index in [2.05, 4.69) is 15.6 Å². The van der Waals surface area contributed by atoms with Crippen LogP contribution in [0.5, 0.6) is 0 Å². The van der Waals surface area contributed by atoms with E-state index in [0.717, 1.165) is 17.8 Å². The number of halogens is 3. The fourth-order valence-electron chi connectivity index (χ4n) is 3.91. The highest BCUT2D eigenvalue weighted by Gasteiger charge is 2.30. The number of amides is 1. The first-order chi connectivity index (χ1) is 17.7. The Morgan fingerprint density at radius 2 is 1.59 bits per heavy atom. The third kappa shape index (κ3) is 6.41. The average molecular weight is 504 g/mol. The molecule has 0 spiro atoms. The van der Waals surface area contributed by atoms with Gasteiger partial charge in [-0.3, -0.25) is 14.6 Å². The number of carbonyl (C=O) groups excluding carboxylic acids is 2. The van der Waals surface area contributed by atoms with Crippen LogP contribution in [0.3, 0.4) is 0 Å². The summed E-state index contributed by atoms with van der Waals surface area (Å²) in [6.07, 6.45) is -2.04. The van der Waals surface area contributed by atoms with Crippen molar-refractivity contribution in [2.75, 3.05) is 17.2 Å². The summed E-state index contributed by atoms with van der Waals surface area (Å²) in [6.45, 7) is 2.02. The minimum Gasteiger partial charge on any atom is -0.384 e. The van der Waals surface area contributed by atoms with E-state index in [1.54, 1.807) is 48.7 Å². The molecule has 3 aromatic carbocycles. The first kappa shape index (κ1) is 25.6. The lowest BCUT2D eigenvalue weighted by Gasteiger charge is -2.14. The zero-order chi connectivity index (χ0) is 26.4. The summed E-state index contributed by atoms with van der Waals surface area (Å²) in [7, 11) is 0. The van der Waals surface area contributed by atoms with E-state index in [4.69, 9.17) is 0 Å². The van der Waals surface area contributed by atoms with E-state index in [1.165, 1.54) is 19.1 Å². The average Bonchev–Trinajstić information content (AvgIpc) is 2.89. The van der Waals surface area contributed by atoms with Crippen LogP contribution in [0, 0.1) is 0 Å². The molecule has 4 rings (SSSR count). The molecule has 5 nitrogen and oxygen atoms in total. The number of pyridine rings is 1. The van der Waals surface area contributed by atoms with Crippen molar-refractivity contribution < 1.29 is 22.8 Å². The molecule has 0 unspecified atom stereocenters. The molecule has 0 atom stereocenters. The second-order valence-corrected chi connectivity index (χ2v) is 8.39. The van der Waals surface area contributed by atoms with Crippen LogP contribution in [0.15, 0.2) is 91.1 Å². The molecule has 37 heavy (non-hydrogen) atoms. The highest BCUT2D eigenvalue weighted by Crippen LogP contribution is 2.32. The summed E-state index contributed by atoms with van der Waals surface area (Å²) in [5, 5.41) is 6.05. The smallest absolute Gasteiger partial charge is 0.384 e. The number of ketones is 1. The number of carbonyl (C=O) groups is 2. The van der Waals surface area contributed by atoms with Crippen molar-refractivity contribution in [1.82, 2.24) is 4.98 Å². The van der Waals surface area contributed by atoms with Gasteiger partial charge in [-0.15, -0.1) is 0 Å². The first-order valence-electron chi connectivity index (χ1n) is 11.6. The molecular weight excluding hydrogens is 479 g/mol. The molecule has 0 saturated heterocycles. The van der Waals surface area contributed by atoms with E-state index >= 15 is 0 Å². The molecule has 1 heterocycles. The lowest BCUT2D eigenvalue weighted by Crippen LogP contribution is -2.14. The molecule has 0 aliphatic carbocycles. The molecule has 2 N–H and O–H groups in total. The van der Waals surface area contributed by atoms with Gasteiger partial charge in [-0.2, -0.15) is 13.2 Å². The number of hydrogen-bond donors (Lipinski definition) is 2. The SMILES string of the molecule is CC(=O)c1cc(NC(=O)c2ccccc2-c2ccc(C(F)(F)F)cc2)ccc1NCCc1ccccn1. The Bertz CT molecular complexity index is 1400. The van der Waals surface area contributed by atoms with Gasteiger partial charge < -0.3 is 10.6 Å². The van der Waals surface area contributed by atoms with Crippen molar-refractivity contribution in [2.24, 2.45) is 0 Å². The van der Waals surface area contributed by atoms with Gasteiger partial charge in [-0.05, 0) is 66.6 Å². The van der Waals surface area contributed by atoms with Crippen molar-refractivity contribution in [3.63, 3.8) is 0 Å². The van der Waals surface area contributed by atoms with E-state index < -0.39 is 17.6 Å². The number of nitrogens with one attached hydrogen (secondary N) is 2. The Kier molecular flexibility index (Phi) is 7.67. The lowest BCUT2D eigenvalue weighted by atomic mass is 9.98. The van der Waals surface area contributed by atoms with Crippen LogP contribution in [0.1, 0.15) is 38.9 Å². The van der Waals surface area contributed by atoms with Gasteiger partial charge in [0.2, 0.25) is 0 Å². The second-order valence-electron chi connectivity index (χ2n) is 8.39. The Labute approximate surface area is 212 Å². The van der Waals surface area contributed by atoms with Gasteiger partial charge in [0.15, 0.2) is 5.78 Å².